The average Bonchev–Trinajstić information content (AvgIpc) is 2.92. The van der Waals surface area contributed by atoms with Gasteiger partial charge in [-0.15, -0.1) is 5.10 Å². The van der Waals surface area contributed by atoms with E-state index in [0.29, 0.717) is 13.0 Å². The number of para-hydroxylation sites is 1. The Morgan fingerprint density at radius 3 is 2.38 bits per heavy atom. The van der Waals surface area contributed by atoms with E-state index in [4.69, 9.17) is 0 Å². The molecule has 0 aliphatic heterocycles. The first kappa shape index (κ1) is 15.0. The van der Waals surface area contributed by atoms with Crippen LogP contribution < -0.4 is 0 Å². The number of benzene rings is 1. The van der Waals surface area contributed by atoms with Crippen LogP contribution in [0.1, 0.15) is 5.82 Å². The molecule has 0 amide bonds. The van der Waals surface area contributed by atoms with Gasteiger partial charge in [0.2, 0.25) is 0 Å². The van der Waals surface area contributed by atoms with Crippen LogP contribution in [-0.2, 0) is 6.42 Å². The fourth-order valence-corrected chi connectivity index (χ4v) is 2.07. The highest BCUT2D eigenvalue weighted by molar-refractivity contribution is 5.79. The van der Waals surface area contributed by atoms with Crippen LogP contribution in [0.5, 0.6) is 0 Å². The van der Waals surface area contributed by atoms with Gasteiger partial charge < -0.3 is 9.80 Å². The monoisotopic (exact) mass is 287 g/mol. The van der Waals surface area contributed by atoms with Crippen molar-refractivity contribution in [3.05, 3.63) is 36.2 Å². The number of hydrogen-bond acceptors (Lipinski definition) is 4. The summed E-state index contributed by atoms with van der Waals surface area (Å²) in [4.78, 5) is 8.56. The third-order valence-electron chi connectivity index (χ3n) is 2.92. The van der Waals surface area contributed by atoms with Gasteiger partial charge in [0.05, 0.1) is 5.69 Å². The maximum atomic E-state index is 4.59. The molecule has 21 heavy (non-hydrogen) atoms. The van der Waals surface area contributed by atoms with E-state index in [-0.39, 0.29) is 0 Å². The molecule has 0 radical (unpaired) electrons. The largest absolute Gasteiger partial charge is 0.349 e. The molecule has 7 nitrogen and oxygen atoms in total. The fourth-order valence-electron chi connectivity index (χ4n) is 2.07. The molecular weight excluding hydrogens is 266 g/mol. The summed E-state index contributed by atoms with van der Waals surface area (Å²) in [5.41, 5.74) is 0.960. The van der Waals surface area contributed by atoms with E-state index in [1.807, 2.05) is 68.3 Å². The quantitative estimate of drug-likeness (QED) is 0.611. The Hall–Kier alpha value is -2.44. The summed E-state index contributed by atoms with van der Waals surface area (Å²) in [7, 11) is 7.92. The zero-order valence-electron chi connectivity index (χ0n) is 12.9. The fraction of sp³-hybridized carbons (Fsp3) is 0.429. The number of aliphatic imine (C=N–C) groups is 1. The normalized spacial score (nSPS) is 10.3. The van der Waals surface area contributed by atoms with Crippen molar-refractivity contribution in [2.45, 2.75) is 6.42 Å². The minimum absolute atomic E-state index is 0.638. The molecule has 112 valence electrons. The molecule has 0 aliphatic rings. The molecule has 2 rings (SSSR count). The molecule has 0 unspecified atom stereocenters. The minimum atomic E-state index is 0.638. The highest BCUT2D eigenvalue weighted by Gasteiger charge is 2.08. The summed E-state index contributed by atoms with van der Waals surface area (Å²) in [5.74, 6) is 1.73. The highest BCUT2D eigenvalue weighted by Crippen LogP contribution is 2.07. The van der Waals surface area contributed by atoms with Crippen molar-refractivity contribution < 1.29 is 0 Å². The van der Waals surface area contributed by atoms with Crippen LogP contribution in [0.3, 0.4) is 0 Å². The van der Waals surface area contributed by atoms with E-state index in [2.05, 4.69) is 20.5 Å². The van der Waals surface area contributed by atoms with Gasteiger partial charge in [0.25, 0.3) is 0 Å². The topological polar surface area (TPSA) is 62.4 Å². The van der Waals surface area contributed by atoms with Gasteiger partial charge in [-0.1, -0.05) is 18.2 Å². The molecule has 1 heterocycles. The van der Waals surface area contributed by atoms with Crippen LogP contribution >= 0.6 is 0 Å². The molecule has 0 N–H and O–H groups in total. The van der Waals surface area contributed by atoms with E-state index in [1.54, 1.807) is 4.68 Å². The van der Waals surface area contributed by atoms with E-state index in [0.717, 1.165) is 17.5 Å². The zero-order chi connectivity index (χ0) is 15.2. The Labute approximate surface area is 124 Å². The van der Waals surface area contributed by atoms with Crippen molar-refractivity contribution in [3.8, 4) is 5.69 Å². The first-order chi connectivity index (χ1) is 10.1. The Kier molecular flexibility index (Phi) is 4.86. The first-order valence-electron chi connectivity index (χ1n) is 6.81. The SMILES string of the molecule is CN(C)C(=NCCc1nnnn1-c1ccccc1)N(C)C. The van der Waals surface area contributed by atoms with Gasteiger partial charge in [-0.3, -0.25) is 4.99 Å². The predicted octanol–water partition coefficient (Wildman–Crippen LogP) is 0.684. The van der Waals surface area contributed by atoms with E-state index in [9.17, 15) is 0 Å². The van der Waals surface area contributed by atoms with Crippen molar-refractivity contribution in [3.63, 3.8) is 0 Å². The molecular formula is C14H21N7. The lowest BCUT2D eigenvalue weighted by atomic mass is 10.3. The predicted molar refractivity (Wildman–Crippen MR) is 82.5 cm³/mol. The van der Waals surface area contributed by atoms with E-state index < -0.39 is 0 Å². The third kappa shape index (κ3) is 3.77. The number of aromatic nitrogens is 4. The molecule has 2 aromatic rings. The summed E-state index contributed by atoms with van der Waals surface area (Å²) < 4.78 is 1.75. The minimum Gasteiger partial charge on any atom is -0.349 e. The maximum absolute atomic E-state index is 4.59. The molecule has 7 heteroatoms. The molecule has 0 saturated carbocycles. The zero-order valence-corrected chi connectivity index (χ0v) is 12.9. The third-order valence-corrected chi connectivity index (χ3v) is 2.92. The lowest BCUT2D eigenvalue weighted by molar-refractivity contribution is 0.479. The summed E-state index contributed by atoms with van der Waals surface area (Å²) in [6, 6.07) is 9.87. The summed E-state index contributed by atoms with van der Waals surface area (Å²) in [6.07, 6.45) is 0.688. The number of guanidine groups is 1. The average molecular weight is 287 g/mol. The van der Waals surface area contributed by atoms with Crippen LogP contribution in [0.15, 0.2) is 35.3 Å². The van der Waals surface area contributed by atoms with Crippen molar-refractivity contribution in [1.29, 1.82) is 0 Å². The smallest absolute Gasteiger partial charge is 0.195 e. The van der Waals surface area contributed by atoms with Gasteiger partial charge in [0.15, 0.2) is 11.8 Å². The summed E-state index contributed by atoms with van der Waals surface area (Å²) >= 11 is 0. The molecule has 1 aromatic carbocycles. The Bertz CT molecular complexity index is 576. The number of rotatable bonds is 4. The van der Waals surface area contributed by atoms with Gasteiger partial charge in [-0.05, 0) is 22.6 Å². The molecule has 0 fully saturated rings. The van der Waals surface area contributed by atoms with E-state index >= 15 is 0 Å². The Morgan fingerprint density at radius 1 is 1.10 bits per heavy atom. The molecule has 0 aliphatic carbocycles. The molecule has 0 bridgehead atoms. The first-order valence-corrected chi connectivity index (χ1v) is 6.81. The second kappa shape index (κ2) is 6.83. The van der Waals surface area contributed by atoms with Crippen LogP contribution in [-0.4, -0.2) is 70.7 Å². The number of tetrazole rings is 1. The van der Waals surface area contributed by atoms with Crippen LogP contribution in [0, 0.1) is 0 Å². The summed E-state index contributed by atoms with van der Waals surface area (Å²) in [6.45, 7) is 0.638. The van der Waals surface area contributed by atoms with Gasteiger partial charge in [-0.2, -0.15) is 4.68 Å². The lowest BCUT2D eigenvalue weighted by Gasteiger charge is -2.22. The van der Waals surface area contributed by atoms with Gasteiger partial charge >= 0.3 is 0 Å². The molecule has 0 spiro atoms. The lowest BCUT2D eigenvalue weighted by Crippen LogP contribution is -2.35. The standard InChI is InChI=1S/C14H21N7/c1-19(2)14(20(3)4)15-11-10-13-16-17-18-21(13)12-8-6-5-7-9-12/h5-9H,10-11H2,1-4H3. The second-order valence-corrected chi connectivity index (χ2v) is 5.06. The van der Waals surface area contributed by atoms with Crippen molar-refractivity contribution >= 4 is 5.96 Å². The van der Waals surface area contributed by atoms with Crippen LogP contribution in [0.25, 0.3) is 5.69 Å². The molecule has 0 saturated heterocycles. The highest BCUT2D eigenvalue weighted by atomic mass is 15.5. The molecule has 0 atom stereocenters. The Morgan fingerprint density at radius 2 is 1.76 bits per heavy atom. The van der Waals surface area contributed by atoms with Crippen molar-refractivity contribution in [2.24, 2.45) is 4.99 Å². The Balaban J connectivity index is 2.09. The van der Waals surface area contributed by atoms with E-state index in [1.165, 1.54) is 0 Å². The second-order valence-electron chi connectivity index (χ2n) is 5.06. The summed E-state index contributed by atoms with van der Waals surface area (Å²) in [5, 5.41) is 11.9. The molecule has 1 aromatic heterocycles. The van der Waals surface area contributed by atoms with Gasteiger partial charge in [0, 0.05) is 41.2 Å². The van der Waals surface area contributed by atoms with Crippen LogP contribution in [0.4, 0.5) is 0 Å². The van der Waals surface area contributed by atoms with Gasteiger partial charge in [0.1, 0.15) is 0 Å². The number of nitrogens with zero attached hydrogens (tertiary/aromatic N) is 7. The van der Waals surface area contributed by atoms with Crippen LogP contribution in [0.2, 0.25) is 0 Å². The van der Waals surface area contributed by atoms with Crippen molar-refractivity contribution in [2.75, 3.05) is 34.7 Å². The number of hydrogen-bond donors (Lipinski definition) is 0. The van der Waals surface area contributed by atoms with Gasteiger partial charge in [-0.25, -0.2) is 0 Å². The maximum Gasteiger partial charge on any atom is 0.195 e. The van der Waals surface area contributed by atoms with Crippen molar-refractivity contribution in [1.82, 2.24) is 30.0 Å².